The van der Waals surface area contributed by atoms with Gasteiger partial charge in [-0.25, -0.2) is 4.68 Å². The monoisotopic (exact) mass is 245 g/mol. The van der Waals surface area contributed by atoms with Gasteiger partial charge in [0.25, 0.3) is 5.56 Å². The molecule has 2 aromatic heterocycles. The van der Waals surface area contributed by atoms with Gasteiger partial charge in [-0.1, -0.05) is 0 Å². The molecule has 1 unspecified atom stereocenters. The summed E-state index contributed by atoms with van der Waals surface area (Å²) < 4.78 is 3.36. The van der Waals surface area contributed by atoms with Crippen LogP contribution in [0.4, 0.5) is 5.82 Å². The fraction of sp³-hybridized carbons (Fsp3) is 0.417. The summed E-state index contributed by atoms with van der Waals surface area (Å²) in [6.07, 6.45) is 4.83. The summed E-state index contributed by atoms with van der Waals surface area (Å²) >= 11 is 0. The zero-order valence-electron chi connectivity index (χ0n) is 10.2. The van der Waals surface area contributed by atoms with E-state index in [4.69, 9.17) is 0 Å². The molecule has 1 saturated heterocycles. The van der Waals surface area contributed by atoms with Gasteiger partial charge in [-0.15, -0.1) is 0 Å². The minimum atomic E-state index is -0.0819. The van der Waals surface area contributed by atoms with E-state index < -0.39 is 0 Å². The van der Waals surface area contributed by atoms with Crippen LogP contribution in [0.15, 0.2) is 35.4 Å². The Morgan fingerprint density at radius 1 is 1.39 bits per heavy atom. The molecular weight excluding hydrogens is 230 g/mol. The maximum Gasteiger partial charge on any atom is 0.266 e. The number of hydrogen-bond acceptors (Lipinski definition) is 4. The standard InChI is InChI=1S/C12H15N5O/c1-15-12(18)4-3-11(14-15)16-8-5-10(9-16)17-7-2-6-13-17/h2-4,6-7,10H,5,8-9H2,1H3. The highest BCUT2D eigenvalue weighted by molar-refractivity contribution is 5.38. The number of hydrogen-bond donors (Lipinski definition) is 0. The van der Waals surface area contributed by atoms with Gasteiger partial charge < -0.3 is 4.90 Å². The lowest BCUT2D eigenvalue weighted by Gasteiger charge is -2.17. The predicted molar refractivity (Wildman–Crippen MR) is 67.6 cm³/mol. The number of anilines is 1. The van der Waals surface area contributed by atoms with Crippen LogP contribution in [0.2, 0.25) is 0 Å². The van der Waals surface area contributed by atoms with Crippen molar-refractivity contribution in [1.29, 1.82) is 0 Å². The van der Waals surface area contributed by atoms with E-state index in [1.807, 2.05) is 16.9 Å². The van der Waals surface area contributed by atoms with Gasteiger partial charge in [-0.3, -0.25) is 9.48 Å². The first-order valence-corrected chi connectivity index (χ1v) is 6.02. The number of aromatic nitrogens is 4. The van der Waals surface area contributed by atoms with Crippen LogP contribution < -0.4 is 10.5 Å². The van der Waals surface area contributed by atoms with E-state index in [-0.39, 0.29) is 5.56 Å². The lowest BCUT2D eigenvalue weighted by atomic mass is 10.3. The van der Waals surface area contributed by atoms with Crippen molar-refractivity contribution in [1.82, 2.24) is 19.6 Å². The molecule has 0 N–H and O–H groups in total. The molecule has 0 amide bonds. The molecule has 0 saturated carbocycles. The van der Waals surface area contributed by atoms with Gasteiger partial charge in [-0.2, -0.15) is 10.2 Å². The Bertz CT molecular complexity index is 589. The maximum absolute atomic E-state index is 11.3. The molecule has 0 aliphatic carbocycles. The van der Waals surface area contributed by atoms with Gasteiger partial charge >= 0.3 is 0 Å². The SMILES string of the molecule is Cn1nc(N2CCC(n3cccn3)C2)ccc1=O. The molecule has 1 aliphatic rings. The molecule has 0 spiro atoms. The van der Waals surface area contributed by atoms with Crippen molar-refractivity contribution < 1.29 is 0 Å². The highest BCUT2D eigenvalue weighted by atomic mass is 16.1. The Kier molecular flexibility index (Phi) is 2.62. The second-order valence-electron chi connectivity index (χ2n) is 4.53. The largest absolute Gasteiger partial charge is 0.353 e. The first-order chi connectivity index (χ1) is 8.74. The second kappa shape index (κ2) is 4.29. The zero-order chi connectivity index (χ0) is 12.5. The molecule has 0 aromatic carbocycles. The normalized spacial score (nSPS) is 19.4. The molecule has 1 fully saturated rings. The van der Waals surface area contributed by atoms with E-state index in [0.29, 0.717) is 6.04 Å². The van der Waals surface area contributed by atoms with Crippen LogP contribution in [-0.2, 0) is 7.05 Å². The third-order valence-electron chi connectivity index (χ3n) is 3.33. The summed E-state index contributed by atoms with van der Waals surface area (Å²) in [7, 11) is 1.67. The number of rotatable bonds is 2. The summed E-state index contributed by atoms with van der Waals surface area (Å²) in [4.78, 5) is 13.5. The summed E-state index contributed by atoms with van der Waals surface area (Å²) in [5.41, 5.74) is -0.0819. The maximum atomic E-state index is 11.3. The minimum absolute atomic E-state index is 0.0819. The Morgan fingerprint density at radius 3 is 3.00 bits per heavy atom. The highest BCUT2D eigenvalue weighted by Gasteiger charge is 2.25. The van der Waals surface area contributed by atoms with Crippen molar-refractivity contribution in [2.75, 3.05) is 18.0 Å². The van der Waals surface area contributed by atoms with Crippen LogP contribution >= 0.6 is 0 Å². The molecule has 3 heterocycles. The average Bonchev–Trinajstić information content (AvgIpc) is 3.01. The van der Waals surface area contributed by atoms with E-state index in [1.165, 1.54) is 4.68 Å². The molecule has 0 bridgehead atoms. The van der Waals surface area contributed by atoms with E-state index in [2.05, 4.69) is 15.1 Å². The molecule has 2 aromatic rings. The van der Waals surface area contributed by atoms with E-state index >= 15 is 0 Å². The van der Waals surface area contributed by atoms with Gasteiger partial charge in [0, 0.05) is 38.6 Å². The van der Waals surface area contributed by atoms with Crippen molar-refractivity contribution >= 4 is 5.82 Å². The third kappa shape index (κ3) is 1.90. The number of aryl methyl sites for hydroxylation is 1. The molecular formula is C12H15N5O. The Morgan fingerprint density at radius 2 is 2.28 bits per heavy atom. The first kappa shape index (κ1) is 11.0. The fourth-order valence-corrected chi connectivity index (χ4v) is 2.32. The van der Waals surface area contributed by atoms with Crippen molar-refractivity contribution in [2.24, 2.45) is 7.05 Å². The van der Waals surface area contributed by atoms with Gasteiger partial charge in [0.15, 0.2) is 0 Å². The van der Waals surface area contributed by atoms with Crippen molar-refractivity contribution in [3.05, 3.63) is 40.9 Å². The highest BCUT2D eigenvalue weighted by Crippen LogP contribution is 2.24. The molecule has 0 radical (unpaired) electrons. The van der Waals surface area contributed by atoms with Crippen LogP contribution in [-0.4, -0.2) is 32.7 Å². The molecule has 1 atom stereocenters. The summed E-state index contributed by atoms with van der Waals surface area (Å²) in [6, 6.07) is 5.67. The number of nitrogens with zero attached hydrogens (tertiary/aromatic N) is 5. The van der Waals surface area contributed by atoms with Crippen LogP contribution in [0.25, 0.3) is 0 Å². The van der Waals surface area contributed by atoms with E-state index in [1.54, 1.807) is 25.4 Å². The minimum Gasteiger partial charge on any atom is -0.353 e. The Labute approximate surface area is 104 Å². The quantitative estimate of drug-likeness (QED) is 0.770. The van der Waals surface area contributed by atoms with E-state index in [0.717, 1.165) is 25.3 Å². The molecule has 6 heteroatoms. The van der Waals surface area contributed by atoms with Crippen molar-refractivity contribution in [3.8, 4) is 0 Å². The fourth-order valence-electron chi connectivity index (χ4n) is 2.32. The van der Waals surface area contributed by atoms with Gasteiger partial charge in [0.05, 0.1) is 6.04 Å². The van der Waals surface area contributed by atoms with Crippen molar-refractivity contribution in [3.63, 3.8) is 0 Å². The second-order valence-corrected chi connectivity index (χ2v) is 4.53. The Hall–Kier alpha value is -2.11. The van der Waals surface area contributed by atoms with Gasteiger partial charge in [0.1, 0.15) is 5.82 Å². The van der Waals surface area contributed by atoms with Crippen LogP contribution in [0.3, 0.4) is 0 Å². The molecule has 18 heavy (non-hydrogen) atoms. The third-order valence-corrected chi connectivity index (χ3v) is 3.33. The average molecular weight is 245 g/mol. The molecule has 6 nitrogen and oxygen atoms in total. The summed E-state index contributed by atoms with van der Waals surface area (Å²) in [5, 5.41) is 8.54. The predicted octanol–water partition coefficient (Wildman–Crippen LogP) is 0.428. The Balaban J connectivity index is 1.79. The topological polar surface area (TPSA) is 56.0 Å². The van der Waals surface area contributed by atoms with Crippen LogP contribution in [0.1, 0.15) is 12.5 Å². The van der Waals surface area contributed by atoms with Crippen LogP contribution in [0.5, 0.6) is 0 Å². The lowest BCUT2D eigenvalue weighted by Crippen LogP contribution is -2.26. The molecule has 1 aliphatic heterocycles. The van der Waals surface area contributed by atoms with Crippen molar-refractivity contribution in [2.45, 2.75) is 12.5 Å². The van der Waals surface area contributed by atoms with Gasteiger partial charge in [0.2, 0.25) is 0 Å². The summed E-state index contributed by atoms with van der Waals surface area (Å²) in [6.45, 7) is 1.82. The zero-order valence-corrected chi connectivity index (χ0v) is 10.2. The smallest absolute Gasteiger partial charge is 0.266 e. The molecule has 94 valence electrons. The van der Waals surface area contributed by atoms with Crippen LogP contribution in [0, 0.1) is 0 Å². The lowest BCUT2D eigenvalue weighted by molar-refractivity contribution is 0.494. The molecule has 3 rings (SSSR count). The van der Waals surface area contributed by atoms with Gasteiger partial charge in [-0.05, 0) is 18.6 Å². The summed E-state index contributed by atoms with van der Waals surface area (Å²) in [5.74, 6) is 0.853. The first-order valence-electron chi connectivity index (χ1n) is 6.02. The van der Waals surface area contributed by atoms with E-state index in [9.17, 15) is 4.79 Å².